The predicted molar refractivity (Wildman–Crippen MR) is 104 cm³/mol. The van der Waals surface area contributed by atoms with Crippen LogP contribution in [0.1, 0.15) is 36.1 Å². The van der Waals surface area contributed by atoms with Gasteiger partial charge < -0.3 is 15.3 Å². The van der Waals surface area contributed by atoms with Gasteiger partial charge in [-0.05, 0) is 55.7 Å². The molecule has 2 aromatic carbocycles. The molecule has 0 fully saturated rings. The molecule has 0 saturated carbocycles. The normalized spacial score (nSPS) is 13.8. The van der Waals surface area contributed by atoms with E-state index in [0.29, 0.717) is 5.56 Å². The molecule has 5 nitrogen and oxygen atoms in total. The Labute approximate surface area is 152 Å². The van der Waals surface area contributed by atoms with Crippen molar-refractivity contribution in [1.82, 2.24) is 14.5 Å². The first-order chi connectivity index (χ1) is 12.5. The maximum atomic E-state index is 9.12. The molecule has 1 atom stereocenters. The van der Waals surface area contributed by atoms with Crippen LogP contribution in [0.3, 0.4) is 0 Å². The SMILES string of the molecule is CCc1cc(C)c2[nH]ccc2c1C(C)(N)n1cnc2cc(C#N)ccc21. The lowest BCUT2D eigenvalue weighted by Gasteiger charge is -2.31. The Bertz CT molecular complexity index is 1170. The molecule has 5 heteroatoms. The Kier molecular flexibility index (Phi) is 3.60. The van der Waals surface area contributed by atoms with Gasteiger partial charge in [0.1, 0.15) is 5.66 Å². The molecular weight excluding hydrogens is 322 g/mol. The maximum absolute atomic E-state index is 9.12. The molecule has 0 aliphatic rings. The third-order valence-corrected chi connectivity index (χ3v) is 5.19. The predicted octanol–water partition coefficient (Wildman–Crippen LogP) is 3.94. The molecule has 0 saturated heterocycles. The van der Waals surface area contributed by atoms with Gasteiger partial charge in [-0.1, -0.05) is 13.0 Å². The van der Waals surface area contributed by atoms with E-state index in [1.54, 1.807) is 18.5 Å². The van der Waals surface area contributed by atoms with Crippen LogP contribution in [-0.4, -0.2) is 14.5 Å². The van der Waals surface area contributed by atoms with E-state index in [1.165, 1.54) is 11.1 Å². The fourth-order valence-electron chi connectivity index (χ4n) is 3.93. The first-order valence-electron chi connectivity index (χ1n) is 8.74. The average molecular weight is 343 g/mol. The highest BCUT2D eigenvalue weighted by molar-refractivity contribution is 5.88. The number of hydrogen-bond donors (Lipinski definition) is 2. The Balaban J connectivity index is 2.01. The van der Waals surface area contributed by atoms with Gasteiger partial charge in [0.15, 0.2) is 0 Å². The number of nitrogens with zero attached hydrogens (tertiary/aromatic N) is 3. The van der Waals surface area contributed by atoms with E-state index in [1.807, 2.05) is 23.8 Å². The molecule has 0 radical (unpaired) electrons. The van der Waals surface area contributed by atoms with E-state index >= 15 is 0 Å². The average Bonchev–Trinajstić information content (AvgIpc) is 3.27. The minimum Gasteiger partial charge on any atom is -0.361 e. The molecule has 26 heavy (non-hydrogen) atoms. The van der Waals surface area contributed by atoms with E-state index in [4.69, 9.17) is 11.0 Å². The number of nitrogens with two attached hydrogens (primary N) is 1. The van der Waals surface area contributed by atoms with Crippen molar-refractivity contribution in [3.05, 3.63) is 65.1 Å². The molecule has 3 N–H and O–H groups in total. The van der Waals surface area contributed by atoms with Crippen LogP contribution in [0, 0.1) is 18.3 Å². The topological polar surface area (TPSA) is 83.4 Å². The summed E-state index contributed by atoms with van der Waals surface area (Å²) in [5.41, 5.74) is 13.1. The lowest BCUT2D eigenvalue weighted by Crippen LogP contribution is -2.41. The Morgan fingerprint density at radius 2 is 2.12 bits per heavy atom. The molecule has 2 aromatic heterocycles. The summed E-state index contributed by atoms with van der Waals surface area (Å²) in [6.07, 6.45) is 4.63. The molecule has 2 heterocycles. The van der Waals surface area contributed by atoms with E-state index < -0.39 is 5.66 Å². The largest absolute Gasteiger partial charge is 0.361 e. The summed E-state index contributed by atoms with van der Waals surface area (Å²) in [7, 11) is 0. The number of aromatic amines is 1. The second-order valence-corrected chi connectivity index (χ2v) is 6.92. The highest BCUT2D eigenvalue weighted by atomic mass is 15.2. The van der Waals surface area contributed by atoms with Crippen molar-refractivity contribution in [2.45, 2.75) is 32.9 Å². The fraction of sp³-hybridized carbons (Fsp3) is 0.238. The van der Waals surface area contributed by atoms with Gasteiger partial charge in [-0.15, -0.1) is 0 Å². The summed E-state index contributed by atoms with van der Waals surface area (Å²) < 4.78 is 2.00. The molecule has 0 spiro atoms. The first-order valence-corrected chi connectivity index (χ1v) is 8.74. The number of imidazole rings is 1. The number of aromatic nitrogens is 3. The molecule has 4 rings (SSSR count). The van der Waals surface area contributed by atoms with Crippen LogP contribution in [0.15, 0.2) is 42.9 Å². The van der Waals surface area contributed by atoms with Gasteiger partial charge in [0, 0.05) is 22.7 Å². The molecule has 0 bridgehead atoms. The molecule has 1 unspecified atom stereocenters. The highest BCUT2D eigenvalue weighted by Gasteiger charge is 2.30. The van der Waals surface area contributed by atoms with E-state index in [9.17, 15) is 0 Å². The van der Waals surface area contributed by atoms with Gasteiger partial charge in [0.2, 0.25) is 0 Å². The van der Waals surface area contributed by atoms with E-state index in [0.717, 1.165) is 33.9 Å². The molecule has 0 aliphatic heterocycles. The number of nitrogens with one attached hydrogen (secondary N) is 1. The van der Waals surface area contributed by atoms with Crippen molar-refractivity contribution in [3.63, 3.8) is 0 Å². The second kappa shape index (κ2) is 5.72. The number of rotatable bonds is 3. The van der Waals surface area contributed by atoms with Gasteiger partial charge in [0.05, 0.1) is 29.0 Å². The zero-order valence-corrected chi connectivity index (χ0v) is 15.2. The molecule has 130 valence electrons. The summed E-state index contributed by atoms with van der Waals surface area (Å²) >= 11 is 0. The Morgan fingerprint density at radius 3 is 2.85 bits per heavy atom. The maximum Gasteiger partial charge on any atom is 0.118 e. The number of benzene rings is 2. The Hall–Kier alpha value is -3.10. The standard InChI is InChI=1S/C21H21N5/c1-4-15-9-13(2)20-16(7-8-24-20)19(15)21(3,23)26-12-25-17-10-14(11-22)5-6-18(17)26/h5-10,12,24H,4,23H2,1-3H3. The van der Waals surface area contributed by atoms with Crippen LogP contribution >= 0.6 is 0 Å². The van der Waals surface area contributed by atoms with Crippen LogP contribution < -0.4 is 5.73 Å². The molecule has 4 aromatic rings. The van der Waals surface area contributed by atoms with Crippen LogP contribution in [-0.2, 0) is 12.1 Å². The fourth-order valence-corrected chi connectivity index (χ4v) is 3.93. The van der Waals surface area contributed by atoms with Crippen molar-refractivity contribution < 1.29 is 0 Å². The highest BCUT2D eigenvalue weighted by Crippen LogP contribution is 2.35. The second-order valence-electron chi connectivity index (χ2n) is 6.92. The minimum absolute atomic E-state index is 0.596. The van der Waals surface area contributed by atoms with Crippen molar-refractivity contribution >= 4 is 21.9 Å². The quantitative estimate of drug-likeness (QED) is 0.591. The third kappa shape index (κ3) is 2.23. The van der Waals surface area contributed by atoms with Crippen molar-refractivity contribution in [1.29, 1.82) is 5.26 Å². The van der Waals surface area contributed by atoms with Crippen LogP contribution in [0.4, 0.5) is 0 Å². The minimum atomic E-state index is -0.775. The monoisotopic (exact) mass is 343 g/mol. The molecule has 0 aliphatic carbocycles. The summed E-state index contributed by atoms with van der Waals surface area (Å²) in [6, 6.07) is 12.0. The number of H-pyrrole nitrogens is 1. The van der Waals surface area contributed by atoms with Crippen molar-refractivity contribution in [2.24, 2.45) is 5.73 Å². The number of hydrogen-bond acceptors (Lipinski definition) is 3. The van der Waals surface area contributed by atoms with Crippen molar-refractivity contribution in [3.8, 4) is 6.07 Å². The van der Waals surface area contributed by atoms with Crippen LogP contribution in [0.25, 0.3) is 21.9 Å². The van der Waals surface area contributed by atoms with Gasteiger partial charge >= 0.3 is 0 Å². The van der Waals surface area contributed by atoms with E-state index in [2.05, 4.69) is 42.0 Å². The number of aryl methyl sites for hydroxylation is 2. The molecular formula is C21H21N5. The summed E-state index contributed by atoms with van der Waals surface area (Å²) in [6.45, 7) is 6.28. The zero-order valence-electron chi connectivity index (χ0n) is 15.2. The number of fused-ring (bicyclic) bond motifs is 2. The first kappa shape index (κ1) is 16.4. The van der Waals surface area contributed by atoms with Gasteiger partial charge in [-0.25, -0.2) is 4.98 Å². The smallest absolute Gasteiger partial charge is 0.118 e. The summed E-state index contributed by atoms with van der Waals surface area (Å²) in [5.74, 6) is 0. The number of nitriles is 1. The van der Waals surface area contributed by atoms with Gasteiger partial charge in [0.25, 0.3) is 0 Å². The van der Waals surface area contributed by atoms with E-state index in [-0.39, 0.29) is 0 Å². The van der Waals surface area contributed by atoms with Crippen LogP contribution in [0.5, 0.6) is 0 Å². The van der Waals surface area contributed by atoms with Gasteiger partial charge in [-0.3, -0.25) is 0 Å². The summed E-state index contributed by atoms with van der Waals surface area (Å²) in [5, 5.41) is 10.3. The van der Waals surface area contributed by atoms with Gasteiger partial charge in [-0.2, -0.15) is 5.26 Å². The lowest BCUT2D eigenvalue weighted by molar-refractivity contribution is 0.422. The van der Waals surface area contributed by atoms with Crippen LogP contribution in [0.2, 0.25) is 0 Å². The molecule has 0 amide bonds. The van der Waals surface area contributed by atoms with Crippen molar-refractivity contribution in [2.75, 3.05) is 0 Å². The third-order valence-electron chi connectivity index (χ3n) is 5.19. The Morgan fingerprint density at radius 1 is 1.31 bits per heavy atom. The zero-order chi connectivity index (χ0) is 18.5. The lowest BCUT2D eigenvalue weighted by atomic mass is 9.89. The summed E-state index contributed by atoms with van der Waals surface area (Å²) in [4.78, 5) is 7.82.